The van der Waals surface area contributed by atoms with E-state index in [-0.39, 0.29) is 46.1 Å². The zero-order valence-corrected chi connectivity index (χ0v) is 27.7. The number of benzene rings is 2. The molecule has 250 valence electrons. The van der Waals surface area contributed by atoms with Gasteiger partial charge in [-0.05, 0) is 49.1 Å². The Morgan fingerprint density at radius 3 is 2.35 bits per heavy atom. The maximum atomic E-state index is 14.5. The van der Waals surface area contributed by atoms with Gasteiger partial charge in [0, 0.05) is 41.0 Å². The van der Waals surface area contributed by atoms with E-state index in [0.29, 0.717) is 12.0 Å². The number of hydrogen-bond donors (Lipinski definition) is 3. The number of aromatic nitrogens is 4. The largest absolute Gasteiger partial charge is 0.480 e. The van der Waals surface area contributed by atoms with Crippen molar-refractivity contribution >= 4 is 62.6 Å². The van der Waals surface area contributed by atoms with Gasteiger partial charge >= 0.3 is 5.97 Å². The SMILES string of the molecule is C[C@@]1(Cc2ccc(-c3cncnc3)cc2)C(=O)N(c2cc(Cl)cc(Cl)c2)c2ncc(S(=O)(=O)N3CCC[C@H]3C(=O)N[C@H](CO)C(=O)O)n21. The summed E-state index contributed by atoms with van der Waals surface area (Å²) in [4.78, 5) is 52.8. The smallest absolute Gasteiger partial charge is 0.328 e. The third-order valence-corrected chi connectivity index (χ3v) is 10.8. The molecule has 0 saturated carbocycles. The monoisotopic (exact) mass is 713 g/mol. The second-order valence-corrected chi connectivity index (χ2v) is 14.3. The molecular formula is C31H29Cl2N7O7S. The molecular weight excluding hydrogens is 685 g/mol. The number of amides is 2. The van der Waals surface area contributed by atoms with Gasteiger partial charge in [-0.3, -0.25) is 14.2 Å². The summed E-state index contributed by atoms with van der Waals surface area (Å²) < 4.78 is 31.1. The zero-order valence-electron chi connectivity index (χ0n) is 25.3. The molecule has 3 atom stereocenters. The first-order valence-electron chi connectivity index (χ1n) is 14.7. The molecule has 14 nitrogen and oxygen atoms in total. The van der Waals surface area contributed by atoms with Gasteiger partial charge in [0.1, 0.15) is 23.9 Å². The first-order valence-corrected chi connectivity index (χ1v) is 16.9. The third-order valence-electron chi connectivity index (χ3n) is 8.45. The number of carboxylic acid groups (broad SMARTS) is 1. The predicted octanol–water partition coefficient (Wildman–Crippen LogP) is 3.00. The minimum atomic E-state index is -4.51. The minimum Gasteiger partial charge on any atom is -0.480 e. The van der Waals surface area contributed by atoms with E-state index in [9.17, 15) is 33.0 Å². The fraction of sp³-hybridized carbons (Fsp3) is 0.290. The molecule has 17 heteroatoms. The van der Waals surface area contributed by atoms with E-state index in [4.69, 9.17) is 23.2 Å². The second kappa shape index (κ2) is 12.9. The molecule has 0 unspecified atom stereocenters. The quantitative estimate of drug-likeness (QED) is 0.220. The number of aliphatic hydroxyl groups excluding tert-OH is 1. The highest BCUT2D eigenvalue weighted by Gasteiger charge is 2.53. The molecule has 3 N–H and O–H groups in total. The first-order chi connectivity index (χ1) is 22.8. The number of sulfonamides is 1. The lowest BCUT2D eigenvalue weighted by molar-refractivity contribution is -0.143. The van der Waals surface area contributed by atoms with Crippen molar-refractivity contribution in [1.82, 2.24) is 29.1 Å². The Bertz CT molecular complexity index is 1990. The summed E-state index contributed by atoms with van der Waals surface area (Å²) in [5.74, 6) is -2.82. The summed E-state index contributed by atoms with van der Waals surface area (Å²) >= 11 is 12.6. The average molecular weight is 715 g/mol. The highest BCUT2D eigenvalue weighted by atomic mass is 35.5. The van der Waals surface area contributed by atoms with E-state index < -0.39 is 52.0 Å². The van der Waals surface area contributed by atoms with Crippen molar-refractivity contribution in [2.24, 2.45) is 0 Å². The summed E-state index contributed by atoms with van der Waals surface area (Å²) in [6.45, 7) is 0.693. The number of nitrogens with one attached hydrogen (secondary N) is 1. The van der Waals surface area contributed by atoms with Crippen molar-refractivity contribution in [3.05, 3.63) is 83.0 Å². The Morgan fingerprint density at radius 1 is 1.06 bits per heavy atom. The summed E-state index contributed by atoms with van der Waals surface area (Å²) in [5.41, 5.74) is 1.08. The summed E-state index contributed by atoms with van der Waals surface area (Å²) in [5, 5.41) is 21.1. The number of carboxylic acids is 1. The molecule has 1 fully saturated rings. The van der Waals surface area contributed by atoms with Crippen LogP contribution in [0.1, 0.15) is 25.3 Å². The topological polar surface area (TPSA) is 188 Å². The molecule has 4 heterocycles. The second-order valence-electron chi connectivity index (χ2n) is 11.6. The van der Waals surface area contributed by atoms with Crippen LogP contribution in [0.15, 0.2) is 72.4 Å². The van der Waals surface area contributed by atoms with Crippen molar-refractivity contribution in [2.45, 2.75) is 48.8 Å². The van der Waals surface area contributed by atoms with Crippen LogP contribution >= 0.6 is 23.2 Å². The van der Waals surface area contributed by atoms with Crippen molar-refractivity contribution in [1.29, 1.82) is 0 Å². The fourth-order valence-electron chi connectivity index (χ4n) is 6.14. The summed E-state index contributed by atoms with van der Waals surface area (Å²) in [6.07, 6.45) is 6.39. The Labute approximate surface area is 285 Å². The summed E-state index contributed by atoms with van der Waals surface area (Å²) in [6, 6.07) is 9.01. The Hall–Kier alpha value is -4.41. The first kappa shape index (κ1) is 33.5. The van der Waals surface area contributed by atoms with Crippen molar-refractivity contribution in [2.75, 3.05) is 18.1 Å². The van der Waals surface area contributed by atoms with Crippen LogP contribution in [-0.2, 0) is 36.4 Å². The van der Waals surface area contributed by atoms with Crippen LogP contribution in [0, 0.1) is 0 Å². The van der Waals surface area contributed by atoms with Gasteiger partial charge in [0.15, 0.2) is 5.03 Å². The molecule has 1 saturated heterocycles. The van der Waals surface area contributed by atoms with Crippen molar-refractivity contribution in [3.8, 4) is 11.1 Å². The van der Waals surface area contributed by atoms with Crippen LogP contribution in [-0.4, -0.2) is 85.5 Å². The highest BCUT2D eigenvalue weighted by molar-refractivity contribution is 7.89. The van der Waals surface area contributed by atoms with Crippen LogP contribution in [0.4, 0.5) is 11.6 Å². The van der Waals surface area contributed by atoms with Gasteiger partial charge in [-0.1, -0.05) is 47.5 Å². The lowest BCUT2D eigenvalue weighted by Gasteiger charge is -2.29. The van der Waals surface area contributed by atoms with Gasteiger partial charge in [0.05, 0.1) is 18.5 Å². The Balaban J connectivity index is 1.42. The van der Waals surface area contributed by atoms with Gasteiger partial charge in [-0.25, -0.2) is 33.1 Å². The molecule has 2 aliphatic rings. The van der Waals surface area contributed by atoms with Gasteiger partial charge in [-0.15, -0.1) is 0 Å². The third kappa shape index (κ3) is 5.92. The zero-order chi connectivity index (χ0) is 34.4. The average Bonchev–Trinajstić information content (AvgIpc) is 3.77. The molecule has 2 aromatic carbocycles. The number of aliphatic carboxylic acids is 1. The fourth-order valence-corrected chi connectivity index (χ4v) is 8.50. The molecule has 0 bridgehead atoms. The van der Waals surface area contributed by atoms with E-state index in [2.05, 4.69) is 20.3 Å². The number of halogens is 2. The van der Waals surface area contributed by atoms with Gasteiger partial charge in [0.25, 0.3) is 15.9 Å². The van der Waals surface area contributed by atoms with Crippen LogP contribution in [0.25, 0.3) is 11.1 Å². The van der Waals surface area contributed by atoms with Gasteiger partial charge < -0.3 is 15.5 Å². The van der Waals surface area contributed by atoms with E-state index >= 15 is 0 Å². The lowest BCUT2D eigenvalue weighted by atomic mass is 9.91. The molecule has 0 spiro atoms. The normalized spacial score (nSPS) is 20.1. The van der Waals surface area contributed by atoms with Crippen LogP contribution < -0.4 is 10.2 Å². The van der Waals surface area contributed by atoms with E-state index in [1.165, 1.54) is 34.0 Å². The van der Waals surface area contributed by atoms with Crippen LogP contribution in [0.2, 0.25) is 10.0 Å². The number of hydrogen-bond acceptors (Lipinski definition) is 9. The number of fused-ring (bicyclic) bond motifs is 1. The number of anilines is 2. The lowest BCUT2D eigenvalue weighted by Crippen LogP contribution is -2.52. The Morgan fingerprint density at radius 2 is 1.73 bits per heavy atom. The van der Waals surface area contributed by atoms with Gasteiger partial charge in [0.2, 0.25) is 11.9 Å². The van der Waals surface area contributed by atoms with E-state index in [0.717, 1.165) is 21.6 Å². The predicted molar refractivity (Wildman–Crippen MR) is 174 cm³/mol. The molecule has 4 aromatic rings. The molecule has 2 aromatic heterocycles. The van der Waals surface area contributed by atoms with E-state index in [1.54, 1.807) is 19.3 Å². The van der Waals surface area contributed by atoms with Crippen LogP contribution in [0.3, 0.4) is 0 Å². The molecule has 0 aliphatic carbocycles. The maximum absolute atomic E-state index is 14.5. The van der Waals surface area contributed by atoms with Crippen LogP contribution in [0.5, 0.6) is 0 Å². The number of carbonyl (C=O) groups is 3. The summed E-state index contributed by atoms with van der Waals surface area (Å²) in [7, 11) is -4.51. The number of carbonyl (C=O) groups excluding carboxylic acids is 2. The number of nitrogens with zero attached hydrogens (tertiary/aromatic N) is 6. The van der Waals surface area contributed by atoms with E-state index in [1.807, 2.05) is 24.3 Å². The number of imidazole rings is 1. The molecule has 6 rings (SSSR count). The molecule has 0 radical (unpaired) electrons. The standard InChI is InChI=1S/C31H29Cl2N7O7S/c1-31(12-18-4-6-19(7-5-18)20-13-34-17-35-14-20)29(45)39(23-10-21(32)9-22(33)11-23)30-36-15-26(40(30)31)48(46,47)38-8-2-3-25(38)27(42)37-24(16-41)28(43)44/h4-7,9-11,13-15,17,24-25,41H,2-3,8,12,16H2,1H3,(H,37,42)(H,43,44)/t24-,25+,31-/m1/s1. The Kier molecular flexibility index (Phi) is 9.00. The number of rotatable bonds is 10. The molecule has 2 amide bonds. The molecule has 48 heavy (non-hydrogen) atoms. The van der Waals surface area contributed by atoms with Crippen molar-refractivity contribution in [3.63, 3.8) is 0 Å². The minimum absolute atomic E-state index is 0.00360. The highest BCUT2D eigenvalue weighted by Crippen LogP contribution is 2.45. The number of aliphatic hydroxyl groups is 1. The maximum Gasteiger partial charge on any atom is 0.328 e. The van der Waals surface area contributed by atoms with Gasteiger partial charge in [-0.2, -0.15) is 4.31 Å². The van der Waals surface area contributed by atoms with Crippen molar-refractivity contribution < 1.29 is 33.0 Å². The molecule has 2 aliphatic heterocycles.